The molecular weight excluding hydrogens is 793 g/mol. The van der Waals surface area contributed by atoms with Crippen LogP contribution >= 0.6 is 0 Å². The Bertz CT molecular complexity index is 1170. The Morgan fingerprint density at radius 1 is 0.328 bits per heavy atom. The number of carbonyl (C=O) groups is 3. The summed E-state index contributed by atoms with van der Waals surface area (Å²) in [7, 11) is 0. The number of ether oxygens (including phenoxy) is 3. The van der Waals surface area contributed by atoms with E-state index in [9.17, 15) is 14.4 Å². The first kappa shape index (κ1) is 61.1. The molecular formula is C58H102O6. The Labute approximate surface area is 396 Å². The molecule has 0 heterocycles. The van der Waals surface area contributed by atoms with Crippen molar-refractivity contribution >= 4 is 17.9 Å². The number of carbonyl (C=O) groups excluding carboxylic acids is 3. The Morgan fingerprint density at radius 2 is 0.609 bits per heavy atom. The van der Waals surface area contributed by atoms with E-state index < -0.39 is 6.10 Å². The minimum absolute atomic E-state index is 0.0706. The van der Waals surface area contributed by atoms with Crippen LogP contribution in [0.3, 0.4) is 0 Å². The Balaban J connectivity index is 3.91. The zero-order valence-electron chi connectivity index (χ0n) is 42.3. The molecule has 0 fully saturated rings. The lowest BCUT2D eigenvalue weighted by atomic mass is 10.0. The summed E-state index contributed by atoms with van der Waals surface area (Å²) in [6.45, 7) is 6.44. The van der Waals surface area contributed by atoms with E-state index in [1.165, 1.54) is 135 Å². The molecule has 0 aliphatic carbocycles. The summed E-state index contributed by atoms with van der Waals surface area (Å²) in [5.74, 6) is -0.880. The van der Waals surface area contributed by atoms with E-state index in [4.69, 9.17) is 14.2 Å². The van der Waals surface area contributed by atoms with Gasteiger partial charge in [0.2, 0.25) is 0 Å². The number of allylic oxidation sites excluding steroid dienone is 10. The lowest BCUT2D eigenvalue weighted by Gasteiger charge is -2.18. The first-order chi connectivity index (χ1) is 31.5. The van der Waals surface area contributed by atoms with Crippen molar-refractivity contribution < 1.29 is 28.6 Å². The molecule has 6 heteroatoms. The smallest absolute Gasteiger partial charge is 0.306 e. The summed E-state index contributed by atoms with van der Waals surface area (Å²) in [4.78, 5) is 37.6. The second-order valence-electron chi connectivity index (χ2n) is 18.1. The molecule has 1 atom stereocenters. The normalized spacial score (nSPS) is 12.5. The van der Waals surface area contributed by atoms with E-state index in [0.717, 1.165) is 96.3 Å². The fraction of sp³-hybridized carbons (Fsp3) is 0.776. The van der Waals surface area contributed by atoms with Gasteiger partial charge in [-0.1, -0.05) is 248 Å². The average Bonchev–Trinajstić information content (AvgIpc) is 3.29. The molecule has 0 rings (SSSR count). The van der Waals surface area contributed by atoms with Crippen LogP contribution in [0.2, 0.25) is 0 Å². The summed E-state index contributed by atoms with van der Waals surface area (Å²) in [6, 6.07) is 0. The maximum Gasteiger partial charge on any atom is 0.306 e. The predicted octanol–water partition coefficient (Wildman–Crippen LogP) is 18.0. The fourth-order valence-electron chi connectivity index (χ4n) is 7.70. The van der Waals surface area contributed by atoms with E-state index in [0.29, 0.717) is 19.3 Å². The Kier molecular flexibility index (Phi) is 50.4. The van der Waals surface area contributed by atoms with Crippen molar-refractivity contribution in [2.24, 2.45) is 0 Å². The van der Waals surface area contributed by atoms with Gasteiger partial charge < -0.3 is 14.2 Å². The van der Waals surface area contributed by atoms with Gasteiger partial charge in [0.15, 0.2) is 6.10 Å². The zero-order valence-corrected chi connectivity index (χ0v) is 42.3. The first-order valence-corrected chi connectivity index (χ1v) is 27.3. The van der Waals surface area contributed by atoms with Crippen molar-refractivity contribution in [2.45, 2.75) is 277 Å². The van der Waals surface area contributed by atoms with Gasteiger partial charge in [-0.3, -0.25) is 14.4 Å². The summed E-state index contributed by atoms with van der Waals surface area (Å²) >= 11 is 0. The number of esters is 3. The molecule has 6 nitrogen and oxygen atoms in total. The van der Waals surface area contributed by atoms with Gasteiger partial charge in [0.05, 0.1) is 0 Å². The second kappa shape index (κ2) is 52.7. The summed E-state index contributed by atoms with van der Waals surface area (Å²) in [5, 5.41) is 0. The zero-order chi connectivity index (χ0) is 46.5. The molecule has 0 aromatic rings. The highest BCUT2D eigenvalue weighted by Crippen LogP contribution is 2.16. The van der Waals surface area contributed by atoms with Crippen LogP contribution in [0.4, 0.5) is 0 Å². The fourth-order valence-corrected chi connectivity index (χ4v) is 7.70. The molecule has 64 heavy (non-hydrogen) atoms. The molecule has 0 bridgehead atoms. The van der Waals surface area contributed by atoms with E-state index >= 15 is 0 Å². The minimum Gasteiger partial charge on any atom is -0.462 e. The summed E-state index contributed by atoms with van der Waals surface area (Å²) in [5.41, 5.74) is 0. The van der Waals surface area contributed by atoms with Gasteiger partial charge in [0.1, 0.15) is 13.2 Å². The van der Waals surface area contributed by atoms with Crippen molar-refractivity contribution in [1.82, 2.24) is 0 Å². The Hall–Kier alpha value is -2.89. The van der Waals surface area contributed by atoms with Gasteiger partial charge in [-0.2, -0.15) is 0 Å². The quantitative estimate of drug-likeness (QED) is 0.0262. The van der Waals surface area contributed by atoms with Crippen molar-refractivity contribution in [1.29, 1.82) is 0 Å². The van der Waals surface area contributed by atoms with Crippen LogP contribution in [-0.4, -0.2) is 37.2 Å². The highest BCUT2D eigenvalue weighted by molar-refractivity contribution is 5.71. The molecule has 370 valence electrons. The SMILES string of the molecule is CC/C=C\C/C=C\C/C=C\C/C=C\C/C=C\CCCCCCCCCCCCCCCCCC(=O)OCC(COC(=O)CCCCCCC)OC(=O)CCCCCCCCCCCC. The number of hydrogen-bond acceptors (Lipinski definition) is 6. The highest BCUT2D eigenvalue weighted by Gasteiger charge is 2.19. The average molecular weight is 895 g/mol. The number of hydrogen-bond donors (Lipinski definition) is 0. The molecule has 0 aromatic carbocycles. The third kappa shape index (κ3) is 50.1. The lowest BCUT2D eigenvalue weighted by molar-refractivity contribution is -0.167. The molecule has 0 saturated heterocycles. The summed E-state index contributed by atoms with van der Waals surface area (Å²) in [6.07, 6.45) is 65.6. The summed E-state index contributed by atoms with van der Waals surface area (Å²) < 4.78 is 16.6. The van der Waals surface area contributed by atoms with Crippen LogP contribution in [0, 0.1) is 0 Å². The first-order valence-electron chi connectivity index (χ1n) is 27.3. The van der Waals surface area contributed by atoms with Gasteiger partial charge in [-0.15, -0.1) is 0 Å². The lowest BCUT2D eigenvalue weighted by Crippen LogP contribution is -2.30. The third-order valence-electron chi connectivity index (χ3n) is 11.8. The molecule has 0 spiro atoms. The van der Waals surface area contributed by atoms with Crippen LogP contribution in [0.15, 0.2) is 60.8 Å². The minimum atomic E-state index is -0.764. The standard InChI is InChI=1S/C58H102O6/c1-4-7-10-13-15-17-19-20-21-22-23-24-25-26-27-28-29-30-31-32-33-34-35-36-37-38-39-41-42-45-48-51-57(60)63-54-55(53-62-56(59)50-47-44-12-9-6-3)64-58(61)52-49-46-43-40-18-16-14-11-8-5-2/h7,10,15,17,20-21,23-24,26-27,55H,4-6,8-9,11-14,16,18-19,22,25,28-54H2,1-3H3/b10-7-,17-15-,21-20-,24-23-,27-26-. The molecule has 0 N–H and O–H groups in total. The van der Waals surface area contributed by atoms with Gasteiger partial charge in [-0.25, -0.2) is 0 Å². The molecule has 0 radical (unpaired) electrons. The monoisotopic (exact) mass is 895 g/mol. The number of rotatable bonds is 49. The maximum atomic E-state index is 12.7. The molecule has 1 unspecified atom stereocenters. The van der Waals surface area contributed by atoms with Crippen LogP contribution in [-0.2, 0) is 28.6 Å². The van der Waals surface area contributed by atoms with Crippen molar-refractivity contribution in [3.8, 4) is 0 Å². The molecule has 0 amide bonds. The van der Waals surface area contributed by atoms with Crippen LogP contribution in [0.25, 0.3) is 0 Å². The van der Waals surface area contributed by atoms with E-state index in [1.54, 1.807) is 0 Å². The van der Waals surface area contributed by atoms with Crippen molar-refractivity contribution in [3.05, 3.63) is 60.8 Å². The van der Waals surface area contributed by atoms with Gasteiger partial charge >= 0.3 is 17.9 Å². The van der Waals surface area contributed by atoms with E-state index in [2.05, 4.69) is 81.5 Å². The van der Waals surface area contributed by atoms with Crippen LogP contribution in [0.5, 0.6) is 0 Å². The van der Waals surface area contributed by atoms with E-state index in [-0.39, 0.29) is 31.1 Å². The van der Waals surface area contributed by atoms with Crippen molar-refractivity contribution in [3.63, 3.8) is 0 Å². The Morgan fingerprint density at radius 3 is 0.953 bits per heavy atom. The largest absolute Gasteiger partial charge is 0.462 e. The predicted molar refractivity (Wildman–Crippen MR) is 275 cm³/mol. The second-order valence-corrected chi connectivity index (χ2v) is 18.1. The van der Waals surface area contributed by atoms with Gasteiger partial charge in [0.25, 0.3) is 0 Å². The highest BCUT2D eigenvalue weighted by atomic mass is 16.6. The van der Waals surface area contributed by atoms with Crippen molar-refractivity contribution in [2.75, 3.05) is 13.2 Å². The van der Waals surface area contributed by atoms with Crippen LogP contribution in [0.1, 0.15) is 271 Å². The molecule has 0 saturated carbocycles. The molecule has 0 aliphatic heterocycles. The molecule has 0 aromatic heterocycles. The van der Waals surface area contributed by atoms with Crippen LogP contribution < -0.4 is 0 Å². The molecule has 0 aliphatic rings. The third-order valence-corrected chi connectivity index (χ3v) is 11.8. The maximum absolute atomic E-state index is 12.7. The van der Waals surface area contributed by atoms with Gasteiger partial charge in [0, 0.05) is 19.3 Å². The number of unbranched alkanes of at least 4 members (excludes halogenated alkanes) is 28. The van der Waals surface area contributed by atoms with Gasteiger partial charge in [-0.05, 0) is 64.2 Å². The topological polar surface area (TPSA) is 78.9 Å². The van der Waals surface area contributed by atoms with E-state index in [1.807, 2.05) is 0 Å².